The average molecular weight is 291 g/mol. The molecule has 1 rings (SSSR count). The first-order valence-corrected chi connectivity index (χ1v) is 7.76. The zero-order valence-electron chi connectivity index (χ0n) is 10.1. The summed E-state index contributed by atoms with van der Waals surface area (Å²) in [6.07, 6.45) is 1.12. The highest BCUT2D eigenvalue weighted by molar-refractivity contribution is 7.91. The Kier molecular flexibility index (Phi) is 5.62. The van der Waals surface area contributed by atoms with Crippen LogP contribution in [0.5, 0.6) is 5.75 Å². The van der Waals surface area contributed by atoms with Crippen molar-refractivity contribution in [1.82, 2.24) is 0 Å². The predicted octanol–water partition coefficient (Wildman–Crippen LogP) is 2.36. The van der Waals surface area contributed by atoms with Crippen LogP contribution in [0.1, 0.15) is 23.7 Å². The second-order valence-electron chi connectivity index (χ2n) is 3.75. The van der Waals surface area contributed by atoms with Gasteiger partial charge in [-0.25, -0.2) is 8.42 Å². The summed E-state index contributed by atoms with van der Waals surface area (Å²) < 4.78 is 27.8. The smallest absolute Gasteiger partial charge is 0.150 e. The number of carbonyl (C=O) groups excluding carboxylic acids is 1. The van der Waals surface area contributed by atoms with E-state index in [1.807, 2.05) is 0 Å². The molecule has 0 unspecified atom stereocenters. The van der Waals surface area contributed by atoms with Gasteiger partial charge in [0.1, 0.15) is 21.9 Å². The molecule has 1 aromatic carbocycles. The number of sulfone groups is 1. The van der Waals surface area contributed by atoms with Gasteiger partial charge in [-0.1, -0.05) is 18.5 Å². The van der Waals surface area contributed by atoms with Crippen LogP contribution in [0.2, 0.25) is 5.02 Å². The summed E-state index contributed by atoms with van der Waals surface area (Å²) >= 11 is 5.90. The maximum atomic E-state index is 11.2. The number of ether oxygens (including phenoxy) is 1. The average Bonchev–Trinajstić information content (AvgIpc) is 2.36. The van der Waals surface area contributed by atoms with Crippen LogP contribution >= 0.6 is 11.6 Å². The summed E-state index contributed by atoms with van der Waals surface area (Å²) in [6, 6.07) is 4.70. The molecule has 0 heterocycles. The van der Waals surface area contributed by atoms with Crippen LogP contribution < -0.4 is 4.74 Å². The fourth-order valence-electron chi connectivity index (χ4n) is 1.31. The summed E-state index contributed by atoms with van der Waals surface area (Å²) in [4.78, 5) is 10.5. The summed E-state index contributed by atoms with van der Waals surface area (Å²) in [5, 5.41) is 0.345. The molecule has 4 nitrogen and oxygen atoms in total. The van der Waals surface area contributed by atoms with Crippen molar-refractivity contribution in [2.75, 3.05) is 18.1 Å². The van der Waals surface area contributed by atoms with E-state index < -0.39 is 9.84 Å². The van der Waals surface area contributed by atoms with Crippen molar-refractivity contribution in [2.45, 2.75) is 13.3 Å². The summed E-state index contributed by atoms with van der Waals surface area (Å²) in [5.41, 5.74) is 0.473. The molecule has 0 atom stereocenters. The molecule has 100 valence electrons. The minimum Gasteiger partial charge on any atom is -0.492 e. The van der Waals surface area contributed by atoms with Crippen molar-refractivity contribution >= 4 is 27.7 Å². The van der Waals surface area contributed by atoms with E-state index in [-0.39, 0.29) is 18.1 Å². The summed E-state index contributed by atoms with van der Waals surface area (Å²) in [6.45, 7) is 1.89. The van der Waals surface area contributed by atoms with Crippen LogP contribution in [0, 0.1) is 0 Å². The summed E-state index contributed by atoms with van der Waals surface area (Å²) in [7, 11) is -2.95. The van der Waals surface area contributed by atoms with Crippen molar-refractivity contribution in [3.8, 4) is 5.75 Å². The fourth-order valence-corrected chi connectivity index (χ4v) is 2.40. The SMILES string of the molecule is CCS(=O)(=O)CCCOc1ccc(C=O)cc1Cl. The highest BCUT2D eigenvalue weighted by atomic mass is 35.5. The first-order valence-electron chi connectivity index (χ1n) is 5.56. The highest BCUT2D eigenvalue weighted by Gasteiger charge is 2.07. The lowest BCUT2D eigenvalue weighted by Gasteiger charge is -2.08. The lowest BCUT2D eigenvalue weighted by atomic mass is 10.2. The van der Waals surface area contributed by atoms with Crippen LogP contribution in [0.25, 0.3) is 0 Å². The quantitative estimate of drug-likeness (QED) is 0.571. The molecule has 0 saturated heterocycles. The Morgan fingerprint density at radius 2 is 2.11 bits per heavy atom. The van der Waals surface area contributed by atoms with E-state index in [9.17, 15) is 13.2 Å². The largest absolute Gasteiger partial charge is 0.492 e. The molecule has 0 aromatic heterocycles. The van der Waals surface area contributed by atoms with Gasteiger partial charge in [0.2, 0.25) is 0 Å². The van der Waals surface area contributed by atoms with Crippen molar-refractivity contribution in [3.63, 3.8) is 0 Å². The van der Waals surface area contributed by atoms with Gasteiger partial charge in [0.25, 0.3) is 0 Å². The normalized spacial score (nSPS) is 11.2. The molecule has 0 aliphatic rings. The lowest BCUT2D eigenvalue weighted by Crippen LogP contribution is -2.11. The van der Waals surface area contributed by atoms with Crippen molar-refractivity contribution in [1.29, 1.82) is 0 Å². The van der Waals surface area contributed by atoms with E-state index in [1.165, 1.54) is 6.07 Å². The van der Waals surface area contributed by atoms with Crippen molar-refractivity contribution in [2.24, 2.45) is 0 Å². The van der Waals surface area contributed by atoms with Crippen LogP contribution in [-0.2, 0) is 9.84 Å². The molecule has 0 fully saturated rings. The van der Waals surface area contributed by atoms with Crippen molar-refractivity contribution < 1.29 is 17.9 Å². The second-order valence-corrected chi connectivity index (χ2v) is 6.63. The van der Waals surface area contributed by atoms with Gasteiger partial charge in [-0.3, -0.25) is 4.79 Å². The van der Waals surface area contributed by atoms with E-state index in [0.29, 0.717) is 29.0 Å². The Bertz CT molecular complexity index is 511. The monoisotopic (exact) mass is 290 g/mol. The molecule has 0 aliphatic heterocycles. The number of aldehydes is 1. The number of rotatable bonds is 7. The number of benzene rings is 1. The van der Waals surface area contributed by atoms with Crippen LogP contribution in [0.15, 0.2) is 18.2 Å². The zero-order chi connectivity index (χ0) is 13.6. The number of hydrogen-bond donors (Lipinski definition) is 0. The minimum absolute atomic E-state index is 0.105. The van der Waals surface area contributed by atoms with Crippen LogP contribution in [-0.4, -0.2) is 32.8 Å². The van der Waals surface area contributed by atoms with E-state index >= 15 is 0 Å². The Labute approximate surface area is 112 Å². The van der Waals surface area contributed by atoms with E-state index in [1.54, 1.807) is 19.1 Å². The molecule has 6 heteroatoms. The van der Waals surface area contributed by atoms with Crippen LogP contribution in [0.4, 0.5) is 0 Å². The van der Waals surface area contributed by atoms with E-state index in [2.05, 4.69) is 0 Å². The Balaban J connectivity index is 2.47. The second kappa shape index (κ2) is 6.75. The van der Waals surface area contributed by atoms with Gasteiger partial charge in [0, 0.05) is 11.3 Å². The van der Waals surface area contributed by atoms with Crippen LogP contribution in [0.3, 0.4) is 0 Å². The molecule has 0 N–H and O–H groups in total. The molecule has 0 radical (unpaired) electrons. The van der Waals surface area contributed by atoms with E-state index in [0.717, 1.165) is 0 Å². The Hall–Kier alpha value is -1.07. The lowest BCUT2D eigenvalue weighted by molar-refractivity contribution is 0.112. The number of carbonyl (C=O) groups is 1. The van der Waals surface area contributed by atoms with Gasteiger partial charge in [-0.15, -0.1) is 0 Å². The number of hydrogen-bond acceptors (Lipinski definition) is 4. The summed E-state index contributed by atoms with van der Waals surface area (Å²) in [5.74, 6) is 0.700. The van der Waals surface area contributed by atoms with E-state index in [4.69, 9.17) is 16.3 Å². The molecular weight excluding hydrogens is 276 g/mol. The first-order chi connectivity index (χ1) is 8.48. The molecule has 0 spiro atoms. The maximum Gasteiger partial charge on any atom is 0.150 e. The molecule has 0 saturated carbocycles. The van der Waals surface area contributed by atoms with Gasteiger partial charge in [0.15, 0.2) is 0 Å². The third-order valence-electron chi connectivity index (χ3n) is 2.39. The topological polar surface area (TPSA) is 60.4 Å². The zero-order valence-corrected chi connectivity index (χ0v) is 11.6. The van der Waals surface area contributed by atoms with Gasteiger partial charge in [-0.2, -0.15) is 0 Å². The fraction of sp³-hybridized carbons (Fsp3) is 0.417. The minimum atomic E-state index is -2.95. The van der Waals surface area contributed by atoms with Gasteiger partial charge in [0.05, 0.1) is 17.4 Å². The molecule has 0 aliphatic carbocycles. The molecule has 18 heavy (non-hydrogen) atoms. The molecular formula is C12H15ClO4S. The predicted molar refractivity (Wildman–Crippen MR) is 71.3 cm³/mol. The Morgan fingerprint density at radius 1 is 1.39 bits per heavy atom. The molecule has 0 bridgehead atoms. The number of halogens is 1. The highest BCUT2D eigenvalue weighted by Crippen LogP contribution is 2.24. The third-order valence-corrected chi connectivity index (χ3v) is 4.47. The third kappa shape index (κ3) is 4.66. The maximum absolute atomic E-state index is 11.2. The van der Waals surface area contributed by atoms with Gasteiger partial charge >= 0.3 is 0 Å². The first kappa shape index (κ1) is 15.0. The van der Waals surface area contributed by atoms with Gasteiger partial charge < -0.3 is 4.74 Å². The van der Waals surface area contributed by atoms with Crippen molar-refractivity contribution in [3.05, 3.63) is 28.8 Å². The Morgan fingerprint density at radius 3 is 2.67 bits per heavy atom. The molecule has 1 aromatic rings. The molecule has 0 amide bonds. The van der Waals surface area contributed by atoms with Gasteiger partial charge in [-0.05, 0) is 24.6 Å². The standard InChI is InChI=1S/C12H15ClO4S/c1-2-18(15,16)7-3-6-17-12-5-4-10(9-14)8-11(12)13/h4-5,8-9H,2-3,6-7H2,1H3.